The largest absolute Gasteiger partial charge is 0.284 e. The van der Waals surface area contributed by atoms with Gasteiger partial charge in [-0.05, 0) is 49.2 Å². The molecule has 2 aromatic carbocycles. The van der Waals surface area contributed by atoms with Crippen LogP contribution < -0.4 is 11.0 Å². The van der Waals surface area contributed by atoms with Crippen LogP contribution in [0.2, 0.25) is 0 Å². The summed E-state index contributed by atoms with van der Waals surface area (Å²) in [6.45, 7) is 4.07. The van der Waals surface area contributed by atoms with E-state index in [9.17, 15) is 0 Å². The van der Waals surface area contributed by atoms with Crippen LogP contribution in [0.4, 0.5) is 11.4 Å². The molecule has 0 saturated heterocycles. The number of aryl methyl sites for hydroxylation is 2. The van der Waals surface area contributed by atoms with Crippen molar-refractivity contribution in [2.45, 2.75) is 13.8 Å². The molecule has 0 aliphatic rings. The van der Waals surface area contributed by atoms with E-state index in [0.29, 0.717) is 0 Å². The summed E-state index contributed by atoms with van der Waals surface area (Å²) in [6.07, 6.45) is 0. The number of hydrogen-bond donors (Lipinski definition) is 2. The molecule has 2 N–H and O–H groups in total. The molecule has 0 heterocycles. The Hall–Kier alpha value is -2.36. The molecular formula is C14H16N4. The van der Waals surface area contributed by atoms with E-state index in [1.54, 1.807) is 0 Å². The zero-order chi connectivity index (χ0) is 12.8. The number of nitrogens with one attached hydrogen (secondary N) is 2. The Kier molecular flexibility index (Phi) is 3.91. The van der Waals surface area contributed by atoms with Crippen molar-refractivity contribution in [1.29, 1.82) is 0 Å². The molecule has 4 heteroatoms. The molecule has 4 nitrogen and oxygen atoms in total. The topological polar surface area (TPSA) is 48.8 Å². The maximum atomic E-state index is 4.06. The van der Waals surface area contributed by atoms with Gasteiger partial charge in [0.1, 0.15) is 0 Å². The lowest BCUT2D eigenvalue weighted by molar-refractivity contribution is 0.805. The Morgan fingerprint density at radius 3 is 2.33 bits per heavy atom. The first-order valence-corrected chi connectivity index (χ1v) is 5.79. The highest BCUT2D eigenvalue weighted by atomic mass is 15.6. The monoisotopic (exact) mass is 240 g/mol. The maximum Gasteiger partial charge on any atom is 0.0877 e. The van der Waals surface area contributed by atoms with E-state index in [1.165, 1.54) is 5.56 Å². The van der Waals surface area contributed by atoms with Crippen molar-refractivity contribution in [1.82, 2.24) is 5.53 Å². The van der Waals surface area contributed by atoms with Gasteiger partial charge in [0.05, 0.1) is 11.4 Å². The zero-order valence-corrected chi connectivity index (χ0v) is 10.5. The fourth-order valence-electron chi connectivity index (χ4n) is 1.59. The third kappa shape index (κ3) is 3.59. The summed E-state index contributed by atoms with van der Waals surface area (Å²) >= 11 is 0. The van der Waals surface area contributed by atoms with Crippen molar-refractivity contribution >= 4 is 11.4 Å². The van der Waals surface area contributed by atoms with E-state index in [0.717, 1.165) is 16.9 Å². The first-order valence-electron chi connectivity index (χ1n) is 5.79. The average Bonchev–Trinajstić information content (AvgIpc) is 2.35. The number of nitrogens with zero attached hydrogens (tertiary/aromatic N) is 2. The van der Waals surface area contributed by atoms with Gasteiger partial charge in [-0.15, -0.1) is 5.11 Å². The number of hydrazine groups is 1. The van der Waals surface area contributed by atoms with Crippen LogP contribution in [-0.4, -0.2) is 0 Å². The number of hydrogen-bond acceptors (Lipinski definition) is 3. The smallest absolute Gasteiger partial charge is 0.0877 e. The Labute approximate surface area is 107 Å². The standard InChI is InChI=1S/C14H16N4/c1-11-5-3-7-13(9-11)15-17-18-16-14-8-4-6-12(2)10-14/h3-10H,1-2H3,(H,15,18)(H,16,17). The molecule has 0 bridgehead atoms. The zero-order valence-electron chi connectivity index (χ0n) is 10.5. The Morgan fingerprint density at radius 1 is 0.889 bits per heavy atom. The molecule has 18 heavy (non-hydrogen) atoms. The summed E-state index contributed by atoms with van der Waals surface area (Å²) in [5, 5.41) is 7.93. The van der Waals surface area contributed by atoms with E-state index < -0.39 is 0 Å². The fraction of sp³-hybridized carbons (Fsp3) is 0.143. The molecule has 0 aromatic heterocycles. The molecule has 92 valence electrons. The van der Waals surface area contributed by atoms with Crippen LogP contribution in [-0.2, 0) is 0 Å². The van der Waals surface area contributed by atoms with Gasteiger partial charge in [0, 0.05) is 0 Å². The number of rotatable bonds is 4. The van der Waals surface area contributed by atoms with Crippen molar-refractivity contribution in [3.05, 3.63) is 59.7 Å². The van der Waals surface area contributed by atoms with Crippen LogP contribution >= 0.6 is 0 Å². The third-order valence-electron chi connectivity index (χ3n) is 2.44. The normalized spacial score (nSPS) is 10.6. The van der Waals surface area contributed by atoms with E-state index in [4.69, 9.17) is 0 Å². The van der Waals surface area contributed by atoms with E-state index in [-0.39, 0.29) is 0 Å². The van der Waals surface area contributed by atoms with Gasteiger partial charge in [-0.2, -0.15) is 0 Å². The molecule has 2 rings (SSSR count). The molecule has 0 aliphatic heterocycles. The van der Waals surface area contributed by atoms with Crippen molar-refractivity contribution in [2.75, 3.05) is 5.43 Å². The average molecular weight is 240 g/mol. The van der Waals surface area contributed by atoms with Gasteiger partial charge >= 0.3 is 0 Å². The second kappa shape index (κ2) is 5.82. The fourth-order valence-corrected chi connectivity index (χ4v) is 1.59. The van der Waals surface area contributed by atoms with Crippen LogP contribution in [0.3, 0.4) is 0 Å². The molecule has 0 fully saturated rings. The predicted molar refractivity (Wildman–Crippen MR) is 73.6 cm³/mol. The highest BCUT2D eigenvalue weighted by Gasteiger charge is 1.90. The second-order valence-corrected chi connectivity index (χ2v) is 4.15. The van der Waals surface area contributed by atoms with Crippen molar-refractivity contribution in [3.8, 4) is 0 Å². The predicted octanol–water partition coefficient (Wildman–Crippen LogP) is 3.92. The lowest BCUT2D eigenvalue weighted by atomic mass is 10.2. The van der Waals surface area contributed by atoms with E-state index >= 15 is 0 Å². The van der Waals surface area contributed by atoms with Gasteiger partial charge in [0.2, 0.25) is 0 Å². The van der Waals surface area contributed by atoms with Crippen LogP contribution in [0.1, 0.15) is 11.1 Å². The molecule has 0 spiro atoms. The Bertz CT molecular complexity index is 549. The molecule has 0 radical (unpaired) electrons. The minimum Gasteiger partial charge on any atom is -0.284 e. The van der Waals surface area contributed by atoms with Gasteiger partial charge in [-0.1, -0.05) is 29.5 Å². The quantitative estimate of drug-likeness (QED) is 0.628. The summed E-state index contributed by atoms with van der Waals surface area (Å²) in [5.41, 5.74) is 9.81. The lowest BCUT2D eigenvalue weighted by Gasteiger charge is -2.04. The van der Waals surface area contributed by atoms with Crippen LogP contribution in [0.15, 0.2) is 58.9 Å². The third-order valence-corrected chi connectivity index (χ3v) is 2.44. The van der Waals surface area contributed by atoms with E-state index in [1.807, 2.05) is 62.4 Å². The van der Waals surface area contributed by atoms with Crippen LogP contribution in [0, 0.1) is 13.8 Å². The van der Waals surface area contributed by atoms with Crippen molar-refractivity contribution < 1.29 is 0 Å². The molecule has 0 atom stereocenters. The summed E-state index contributed by atoms with van der Waals surface area (Å²) in [7, 11) is 0. The molecule has 2 aromatic rings. The van der Waals surface area contributed by atoms with Crippen molar-refractivity contribution in [2.24, 2.45) is 10.3 Å². The van der Waals surface area contributed by atoms with Crippen LogP contribution in [0.5, 0.6) is 0 Å². The Morgan fingerprint density at radius 2 is 1.61 bits per heavy atom. The van der Waals surface area contributed by atoms with Gasteiger partial charge in [0.25, 0.3) is 0 Å². The SMILES string of the molecule is Cc1cccc(N=NNNc2cccc(C)c2)c1. The highest BCUT2D eigenvalue weighted by molar-refractivity contribution is 5.44. The first kappa shape index (κ1) is 12.1. The van der Waals surface area contributed by atoms with Gasteiger partial charge in [-0.25, -0.2) is 5.53 Å². The molecular weight excluding hydrogens is 224 g/mol. The minimum atomic E-state index is 0.827. The van der Waals surface area contributed by atoms with Crippen LogP contribution in [0.25, 0.3) is 0 Å². The number of anilines is 1. The van der Waals surface area contributed by atoms with E-state index in [2.05, 4.69) is 21.3 Å². The molecule has 0 saturated carbocycles. The summed E-state index contributed by atoms with van der Waals surface area (Å²) in [5.74, 6) is 0. The second-order valence-electron chi connectivity index (χ2n) is 4.15. The lowest BCUT2D eigenvalue weighted by Crippen LogP contribution is -2.13. The van der Waals surface area contributed by atoms with Gasteiger partial charge in [0.15, 0.2) is 0 Å². The first-order chi connectivity index (χ1) is 8.74. The maximum absolute atomic E-state index is 4.06. The summed E-state index contributed by atoms with van der Waals surface area (Å²) < 4.78 is 0. The minimum absolute atomic E-state index is 0.827. The summed E-state index contributed by atoms with van der Waals surface area (Å²) in [4.78, 5) is 0. The number of benzene rings is 2. The summed E-state index contributed by atoms with van der Waals surface area (Å²) in [6, 6.07) is 15.9. The van der Waals surface area contributed by atoms with Gasteiger partial charge in [-0.3, -0.25) is 5.43 Å². The molecule has 0 unspecified atom stereocenters. The Balaban J connectivity index is 1.89. The molecule has 0 aliphatic carbocycles. The van der Waals surface area contributed by atoms with Gasteiger partial charge < -0.3 is 0 Å². The molecule has 0 amide bonds. The van der Waals surface area contributed by atoms with Crippen molar-refractivity contribution in [3.63, 3.8) is 0 Å². The highest BCUT2D eigenvalue weighted by Crippen LogP contribution is 2.13.